The number of nitrogens with zero attached hydrogens (tertiary/aromatic N) is 2. The summed E-state index contributed by atoms with van der Waals surface area (Å²) in [4.78, 5) is 29.0. The first-order valence-corrected chi connectivity index (χ1v) is 13.1. The number of rotatable bonds is 7. The fourth-order valence-electron chi connectivity index (χ4n) is 3.65. The molecule has 1 saturated heterocycles. The van der Waals surface area contributed by atoms with E-state index in [0.717, 1.165) is 30.4 Å². The lowest BCUT2D eigenvalue weighted by atomic mass is 10.2. The molecule has 0 saturated carbocycles. The Labute approximate surface area is 201 Å². The topological polar surface area (TPSA) is 115 Å². The van der Waals surface area contributed by atoms with Gasteiger partial charge in [-0.15, -0.1) is 0 Å². The highest BCUT2D eigenvalue weighted by molar-refractivity contribution is 7.89. The molecule has 0 bridgehead atoms. The van der Waals surface area contributed by atoms with E-state index in [0.29, 0.717) is 29.5 Å². The number of carbonyl (C=O) groups excluding carboxylic acids is 2. The van der Waals surface area contributed by atoms with Crippen molar-refractivity contribution in [2.24, 2.45) is 0 Å². The Hall–Kier alpha value is -3.02. The number of thiazole rings is 1. The second kappa shape index (κ2) is 10.5. The van der Waals surface area contributed by atoms with Crippen LogP contribution in [0.3, 0.4) is 0 Å². The Bertz CT molecular complexity index is 1280. The van der Waals surface area contributed by atoms with E-state index in [2.05, 4.69) is 10.3 Å². The van der Waals surface area contributed by atoms with Gasteiger partial charge in [0.1, 0.15) is 5.75 Å². The van der Waals surface area contributed by atoms with Crippen LogP contribution in [0.2, 0.25) is 0 Å². The molecule has 11 heteroatoms. The number of fused-ring (bicyclic) bond motifs is 1. The molecule has 2 aromatic carbocycles. The molecule has 1 aromatic heterocycles. The van der Waals surface area contributed by atoms with Gasteiger partial charge in [-0.05, 0) is 55.3 Å². The predicted octanol–water partition coefficient (Wildman–Crippen LogP) is 3.67. The minimum absolute atomic E-state index is 0.135. The van der Waals surface area contributed by atoms with Crippen LogP contribution >= 0.6 is 11.3 Å². The molecule has 180 valence electrons. The lowest BCUT2D eigenvalue weighted by Gasteiger charge is -2.19. The van der Waals surface area contributed by atoms with Gasteiger partial charge in [0.15, 0.2) is 11.7 Å². The highest BCUT2D eigenvalue weighted by Crippen LogP contribution is 2.29. The van der Waals surface area contributed by atoms with E-state index in [9.17, 15) is 18.0 Å². The van der Waals surface area contributed by atoms with E-state index in [1.54, 1.807) is 19.2 Å². The average molecular weight is 504 g/mol. The third kappa shape index (κ3) is 5.54. The van der Waals surface area contributed by atoms with Gasteiger partial charge < -0.3 is 9.47 Å². The van der Waals surface area contributed by atoms with E-state index in [4.69, 9.17) is 9.47 Å². The zero-order valence-corrected chi connectivity index (χ0v) is 20.3. The van der Waals surface area contributed by atoms with Crippen LogP contribution in [0.15, 0.2) is 47.4 Å². The van der Waals surface area contributed by atoms with Gasteiger partial charge in [-0.1, -0.05) is 24.2 Å². The van der Waals surface area contributed by atoms with Crippen LogP contribution in [-0.2, 0) is 19.6 Å². The maximum absolute atomic E-state index is 12.9. The summed E-state index contributed by atoms with van der Waals surface area (Å²) in [6.07, 6.45) is 3.74. The summed E-state index contributed by atoms with van der Waals surface area (Å²) in [5.74, 6) is -0.559. The second-order valence-electron chi connectivity index (χ2n) is 7.82. The summed E-state index contributed by atoms with van der Waals surface area (Å²) in [5, 5.41) is 2.99. The molecule has 0 spiro atoms. The number of sulfonamides is 1. The van der Waals surface area contributed by atoms with Crippen molar-refractivity contribution >= 4 is 48.6 Å². The summed E-state index contributed by atoms with van der Waals surface area (Å²) < 4.78 is 38.3. The first kappa shape index (κ1) is 24.1. The van der Waals surface area contributed by atoms with E-state index < -0.39 is 28.5 Å². The molecule has 3 aromatic rings. The number of aromatic nitrogens is 1. The highest BCUT2D eigenvalue weighted by atomic mass is 32.2. The van der Waals surface area contributed by atoms with E-state index >= 15 is 0 Å². The third-order valence-electron chi connectivity index (χ3n) is 5.47. The Kier molecular flexibility index (Phi) is 7.44. The van der Waals surface area contributed by atoms with Gasteiger partial charge in [0, 0.05) is 13.1 Å². The van der Waals surface area contributed by atoms with Crippen molar-refractivity contribution in [3.63, 3.8) is 0 Å². The molecule has 1 N–H and O–H groups in total. The quantitative estimate of drug-likeness (QED) is 0.489. The Balaban J connectivity index is 1.33. The Morgan fingerprint density at radius 1 is 1.06 bits per heavy atom. The maximum atomic E-state index is 12.9. The predicted molar refractivity (Wildman–Crippen MR) is 129 cm³/mol. The standard InChI is InChI=1S/C23H25N3O6S2/c1-31-17-8-11-19-20(14-17)33-23(24-19)25-21(27)15-32-22(28)16-6-9-18(10-7-16)34(29,30)26-12-4-2-3-5-13-26/h6-11,14H,2-5,12-13,15H2,1H3,(H,24,25,27). The van der Waals surface area contributed by atoms with Crippen molar-refractivity contribution in [3.8, 4) is 5.75 Å². The van der Waals surface area contributed by atoms with Crippen LogP contribution < -0.4 is 10.1 Å². The number of carbonyl (C=O) groups is 2. The number of anilines is 1. The third-order valence-corrected chi connectivity index (χ3v) is 8.32. The van der Waals surface area contributed by atoms with Crippen LogP contribution in [0.1, 0.15) is 36.0 Å². The molecule has 4 rings (SSSR count). The summed E-state index contributed by atoms with van der Waals surface area (Å²) in [7, 11) is -2.03. The van der Waals surface area contributed by atoms with Crippen LogP contribution in [0.5, 0.6) is 5.75 Å². The largest absolute Gasteiger partial charge is 0.497 e. The number of nitrogens with one attached hydrogen (secondary N) is 1. The molecule has 9 nitrogen and oxygen atoms in total. The normalized spacial score (nSPS) is 15.0. The number of hydrogen-bond acceptors (Lipinski definition) is 8. The van der Waals surface area contributed by atoms with Gasteiger partial charge in [0.25, 0.3) is 5.91 Å². The van der Waals surface area contributed by atoms with Crippen molar-refractivity contribution in [1.82, 2.24) is 9.29 Å². The number of ether oxygens (including phenoxy) is 2. The second-order valence-corrected chi connectivity index (χ2v) is 10.8. The van der Waals surface area contributed by atoms with Crippen LogP contribution in [0, 0.1) is 0 Å². The van der Waals surface area contributed by atoms with Crippen LogP contribution in [-0.4, -0.2) is 56.4 Å². The molecule has 1 fully saturated rings. The first-order valence-electron chi connectivity index (χ1n) is 10.9. The molecule has 0 atom stereocenters. The van der Waals surface area contributed by atoms with Crippen molar-refractivity contribution in [2.75, 3.05) is 32.1 Å². The summed E-state index contributed by atoms with van der Waals surface area (Å²) in [6.45, 7) is 0.513. The molecular weight excluding hydrogens is 478 g/mol. The molecule has 2 heterocycles. The van der Waals surface area contributed by atoms with Gasteiger partial charge in [0.2, 0.25) is 10.0 Å². The fraction of sp³-hybridized carbons (Fsp3) is 0.348. The van der Waals surface area contributed by atoms with Gasteiger partial charge in [-0.25, -0.2) is 18.2 Å². The summed E-state index contributed by atoms with van der Waals surface area (Å²) in [5.41, 5.74) is 0.878. The van der Waals surface area contributed by atoms with E-state index in [1.165, 1.54) is 39.9 Å². The monoisotopic (exact) mass is 503 g/mol. The molecule has 1 aliphatic rings. The van der Waals surface area contributed by atoms with Gasteiger partial charge >= 0.3 is 5.97 Å². The number of amides is 1. The minimum Gasteiger partial charge on any atom is -0.497 e. The Morgan fingerprint density at radius 2 is 1.76 bits per heavy atom. The number of methoxy groups -OCH3 is 1. The van der Waals surface area contributed by atoms with Crippen LogP contribution in [0.25, 0.3) is 10.2 Å². The molecule has 1 amide bonds. The minimum atomic E-state index is -3.60. The number of hydrogen-bond donors (Lipinski definition) is 1. The lowest BCUT2D eigenvalue weighted by Crippen LogP contribution is -2.31. The van der Waals surface area contributed by atoms with Gasteiger partial charge in [-0.3, -0.25) is 10.1 Å². The van der Waals surface area contributed by atoms with Gasteiger partial charge in [-0.2, -0.15) is 4.31 Å². The van der Waals surface area contributed by atoms with E-state index in [1.807, 2.05) is 6.07 Å². The van der Waals surface area contributed by atoms with Gasteiger partial charge in [0.05, 0.1) is 27.8 Å². The van der Waals surface area contributed by atoms with E-state index in [-0.39, 0.29) is 10.5 Å². The van der Waals surface area contributed by atoms with Crippen LogP contribution in [0.4, 0.5) is 5.13 Å². The number of esters is 1. The smallest absolute Gasteiger partial charge is 0.338 e. The molecular formula is C23H25N3O6S2. The first-order chi connectivity index (χ1) is 16.4. The molecule has 0 radical (unpaired) electrons. The van der Waals surface area contributed by atoms with Crippen molar-refractivity contribution in [2.45, 2.75) is 30.6 Å². The highest BCUT2D eigenvalue weighted by Gasteiger charge is 2.25. The lowest BCUT2D eigenvalue weighted by molar-refractivity contribution is -0.119. The molecule has 0 aliphatic carbocycles. The van der Waals surface area contributed by atoms with Crippen molar-refractivity contribution in [3.05, 3.63) is 48.0 Å². The zero-order chi connectivity index (χ0) is 24.1. The van der Waals surface area contributed by atoms with Crippen molar-refractivity contribution in [1.29, 1.82) is 0 Å². The average Bonchev–Trinajstić information content (AvgIpc) is 3.03. The molecule has 1 aliphatic heterocycles. The summed E-state index contributed by atoms with van der Waals surface area (Å²) in [6, 6.07) is 11.0. The number of benzene rings is 2. The molecule has 0 unspecified atom stereocenters. The maximum Gasteiger partial charge on any atom is 0.338 e. The fourth-order valence-corrected chi connectivity index (χ4v) is 6.08. The SMILES string of the molecule is COc1ccc2nc(NC(=O)COC(=O)c3ccc(S(=O)(=O)N4CCCCCC4)cc3)sc2c1. The molecule has 34 heavy (non-hydrogen) atoms. The summed E-state index contributed by atoms with van der Waals surface area (Å²) >= 11 is 1.28. The zero-order valence-electron chi connectivity index (χ0n) is 18.7. The Morgan fingerprint density at radius 3 is 2.44 bits per heavy atom. The van der Waals surface area contributed by atoms with Crippen molar-refractivity contribution < 1.29 is 27.5 Å².